The Bertz CT molecular complexity index is 1350. The van der Waals surface area contributed by atoms with Crippen molar-refractivity contribution in [1.82, 2.24) is 5.32 Å². The molecular weight excluding hydrogens is 571 g/mol. The lowest BCUT2D eigenvalue weighted by Crippen LogP contribution is -2.54. The lowest BCUT2D eigenvalue weighted by molar-refractivity contribution is -0.122. The van der Waals surface area contributed by atoms with Crippen molar-refractivity contribution in [2.45, 2.75) is 6.92 Å². The van der Waals surface area contributed by atoms with Crippen LogP contribution < -0.4 is 19.7 Å². The number of barbiturate groups is 1. The number of benzene rings is 3. The highest BCUT2D eigenvalue weighted by molar-refractivity contribution is 9.10. The van der Waals surface area contributed by atoms with Gasteiger partial charge in [-0.2, -0.15) is 0 Å². The average Bonchev–Trinajstić information content (AvgIpc) is 2.82. The number of amides is 4. The molecule has 184 valence electrons. The van der Waals surface area contributed by atoms with E-state index in [1.165, 1.54) is 18.2 Å². The number of halogens is 3. The van der Waals surface area contributed by atoms with Crippen LogP contribution in [0.15, 0.2) is 70.7 Å². The van der Waals surface area contributed by atoms with E-state index in [1.807, 2.05) is 31.2 Å². The molecular formula is C26H19BrCl2N2O5. The normalized spacial score (nSPS) is 14.7. The molecule has 0 aromatic heterocycles. The maximum Gasteiger partial charge on any atom is 0.335 e. The molecule has 0 saturated carbocycles. The van der Waals surface area contributed by atoms with Crippen LogP contribution in [0.3, 0.4) is 0 Å². The number of nitrogens with one attached hydrogen (secondary N) is 1. The molecule has 10 heteroatoms. The number of urea groups is 1. The molecule has 0 spiro atoms. The van der Waals surface area contributed by atoms with Crippen LogP contribution in [0.1, 0.15) is 11.1 Å². The predicted molar refractivity (Wildman–Crippen MR) is 142 cm³/mol. The number of ether oxygens (including phenoxy) is 2. The lowest BCUT2D eigenvalue weighted by Gasteiger charge is -2.26. The lowest BCUT2D eigenvalue weighted by atomic mass is 10.1. The maximum absolute atomic E-state index is 13.0. The van der Waals surface area contributed by atoms with E-state index >= 15 is 0 Å². The van der Waals surface area contributed by atoms with E-state index in [4.69, 9.17) is 32.7 Å². The summed E-state index contributed by atoms with van der Waals surface area (Å²) in [6.07, 6.45) is 1.32. The fourth-order valence-electron chi connectivity index (χ4n) is 3.46. The molecule has 0 unspecified atom stereocenters. The fourth-order valence-corrected chi connectivity index (χ4v) is 4.34. The molecule has 36 heavy (non-hydrogen) atoms. The summed E-state index contributed by atoms with van der Waals surface area (Å²) in [5, 5.41) is 2.56. The van der Waals surface area contributed by atoms with Crippen LogP contribution in [0.4, 0.5) is 10.5 Å². The van der Waals surface area contributed by atoms with E-state index < -0.39 is 17.8 Å². The summed E-state index contributed by atoms with van der Waals surface area (Å²) in [6.45, 7) is 2.44. The van der Waals surface area contributed by atoms with E-state index in [0.717, 1.165) is 20.7 Å². The molecule has 0 atom stereocenters. The number of aryl methyl sites for hydroxylation is 1. The Labute approximate surface area is 225 Å². The quantitative estimate of drug-likeness (QED) is 0.202. The molecule has 0 radical (unpaired) electrons. The van der Waals surface area contributed by atoms with Gasteiger partial charge < -0.3 is 9.47 Å². The molecule has 1 N–H and O–H groups in total. The van der Waals surface area contributed by atoms with Crippen LogP contribution in [-0.2, 0) is 9.59 Å². The van der Waals surface area contributed by atoms with Crippen LogP contribution in [-0.4, -0.2) is 31.1 Å². The van der Waals surface area contributed by atoms with Crippen molar-refractivity contribution in [2.24, 2.45) is 0 Å². The van der Waals surface area contributed by atoms with Crippen molar-refractivity contribution in [3.05, 3.63) is 91.9 Å². The zero-order chi connectivity index (χ0) is 25.8. The summed E-state index contributed by atoms with van der Waals surface area (Å²) in [6, 6.07) is 16.3. The molecule has 1 heterocycles. The van der Waals surface area contributed by atoms with Crippen LogP contribution in [0, 0.1) is 6.92 Å². The fraction of sp³-hybridized carbons (Fsp3) is 0.115. The third kappa shape index (κ3) is 5.90. The first-order valence-electron chi connectivity index (χ1n) is 10.7. The molecule has 1 saturated heterocycles. The molecule has 0 bridgehead atoms. The first-order valence-corrected chi connectivity index (χ1v) is 12.3. The molecule has 7 nitrogen and oxygen atoms in total. The van der Waals surface area contributed by atoms with Crippen LogP contribution in [0.2, 0.25) is 10.0 Å². The second-order valence-electron chi connectivity index (χ2n) is 7.76. The van der Waals surface area contributed by atoms with Crippen LogP contribution in [0.5, 0.6) is 11.5 Å². The highest BCUT2D eigenvalue weighted by Gasteiger charge is 2.36. The molecule has 4 amide bonds. The van der Waals surface area contributed by atoms with E-state index in [1.54, 1.807) is 24.3 Å². The summed E-state index contributed by atoms with van der Waals surface area (Å²) in [7, 11) is 0. The Balaban J connectivity index is 1.49. The van der Waals surface area contributed by atoms with Crippen molar-refractivity contribution in [1.29, 1.82) is 0 Å². The number of nitrogens with zero attached hydrogens (tertiary/aromatic N) is 1. The van der Waals surface area contributed by atoms with Gasteiger partial charge in [0, 0.05) is 4.47 Å². The predicted octanol–water partition coefficient (Wildman–Crippen LogP) is 6.19. The molecule has 3 aromatic rings. The number of carbonyl (C=O) groups is 3. The summed E-state index contributed by atoms with van der Waals surface area (Å²) in [4.78, 5) is 38.7. The van der Waals surface area contributed by atoms with E-state index in [9.17, 15) is 14.4 Å². The summed E-state index contributed by atoms with van der Waals surface area (Å²) in [5.41, 5.74) is 1.53. The third-order valence-electron chi connectivity index (χ3n) is 5.11. The Morgan fingerprint density at radius 2 is 1.61 bits per heavy atom. The SMILES string of the molecule is Cc1cccc(OCCOc2c(Cl)cc(/C=C3/C(=O)NC(=O)N(c4ccc(Br)cc4)C3=O)cc2Cl)c1. The van der Waals surface area contributed by atoms with Gasteiger partial charge >= 0.3 is 6.03 Å². The number of anilines is 1. The van der Waals surface area contributed by atoms with Gasteiger partial charge in [-0.1, -0.05) is 51.3 Å². The van der Waals surface area contributed by atoms with Gasteiger partial charge in [0.2, 0.25) is 0 Å². The minimum absolute atomic E-state index is 0.189. The standard InChI is InChI=1S/C26H19BrCl2N2O5/c1-15-3-2-4-19(11-15)35-9-10-36-23-21(28)13-16(14-22(23)29)12-20-24(32)30-26(34)31(25(20)33)18-7-5-17(27)6-8-18/h2-8,11-14H,9-10H2,1H3,(H,30,32,34)/b20-12-. The zero-order valence-corrected chi connectivity index (χ0v) is 22.0. The number of carbonyl (C=O) groups excluding carboxylic acids is 3. The molecule has 0 aliphatic carbocycles. The Morgan fingerprint density at radius 3 is 2.28 bits per heavy atom. The second kappa shape index (κ2) is 11.2. The highest BCUT2D eigenvalue weighted by atomic mass is 79.9. The van der Waals surface area contributed by atoms with E-state index in [0.29, 0.717) is 11.3 Å². The minimum atomic E-state index is -0.836. The Kier molecular flexibility index (Phi) is 7.98. The third-order valence-corrected chi connectivity index (χ3v) is 6.20. The van der Waals surface area contributed by atoms with Crippen molar-refractivity contribution >= 4 is 68.7 Å². The van der Waals surface area contributed by atoms with Gasteiger partial charge in [0.15, 0.2) is 5.75 Å². The molecule has 3 aromatic carbocycles. The molecule has 1 aliphatic heterocycles. The number of imide groups is 2. The van der Waals surface area contributed by atoms with Gasteiger partial charge in [-0.05, 0) is 72.7 Å². The Morgan fingerprint density at radius 1 is 0.944 bits per heavy atom. The van der Waals surface area contributed by atoms with Crippen LogP contribution in [0.25, 0.3) is 6.08 Å². The van der Waals surface area contributed by atoms with Gasteiger partial charge in [-0.15, -0.1) is 0 Å². The van der Waals surface area contributed by atoms with E-state index in [2.05, 4.69) is 21.2 Å². The van der Waals surface area contributed by atoms with E-state index in [-0.39, 0.29) is 34.6 Å². The number of hydrogen-bond donors (Lipinski definition) is 1. The monoisotopic (exact) mass is 588 g/mol. The van der Waals surface area contributed by atoms with Crippen molar-refractivity contribution in [3.8, 4) is 11.5 Å². The van der Waals surface area contributed by atoms with Crippen molar-refractivity contribution < 1.29 is 23.9 Å². The number of rotatable bonds is 7. The molecule has 1 aliphatic rings. The zero-order valence-electron chi connectivity index (χ0n) is 18.9. The summed E-state index contributed by atoms with van der Waals surface area (Å²) in [5.74, 6) is -0.616. The molecule has 4 rings (SSSR count). The van der Waals surface area contributed by atoms with Crippen molar-refractivity contribution in [2.75, 3.05) is 18.1 Å². The van der Waals surface area contributed by atoms with Gasteiger partial charge in [0.25, 0.3) is 11.8 Å². The van der Waals surface area contributed by atoms with Crippen molar-refractivity contribution in [3.63, 3.8) is 0 Å². The van der Waals surface area contributed by atoms with Crippen LogP contribution >= 0.6 is 39.1 Å². The highest BCUT2D eigenvalue weighted by Crippen LogP contribution is 2.35. The average molecular weight is 590 g/mol. The van der Waals surface area contributed by atoms with Gasteiger partial charge in [0.05, 0.1) is 15.7 Å². The van der Waals surface area contributed by atoms with Gasteiger partial charge in [0.1, 0.15) is 24.5 Å². The summed E-state index contributed by atoms with van der Waals surface area (Å²) < 4.78 is 12.1. The topological polar surface area (TPSA) is 84.9 Å². The first kappa shape index (κ1) is 25.8. The smallest absolute Gasteiger partial charge is 0.335 e. The Hall–Kier alpha value is -3.33. The largest absolute Gasteiger partial charge is 0.490 e. The maximum atomic E-state index is 13.0. The first-order chi connectivity index (χ1) is 17.2. The number of hydrogen-bond acceptors (Lipinski definition) is 5. The molecule has 1 fully saturated rings. The van der Waals surface area contributed by atoms with Gasteiger partial charge in [-0.25, -0.2) is 9.69 Å². The summed E-state index contributed by atoms with van der Waals surface area (Å²) >= 11 is 16.0. The van der Waals surface area contributed by atoms with Gasteiger partial charge in [-0.3, -0.25) is 14.9 Å². The minimum Gasteiger partial charge on any atom is -0.490 e. The second-order valence-corrected chi connectivity index (χ2v) is 9.49.